The minimum Gasteiger partial charge on any atom is -0.367 e. The minimum absolute atomic E-state index is 0.0800. The Morgan fingerprint density at radius 1 is 1.35 bits per heavy atom. The summed E-state index contributed by atoms with van der Waals surface area (Å²) >= 11 is 5.98. The first-order valence-electron chi connectivity index (χ1n) is 5.76. The van der Waals surface area contributed by atoms with Crippen LogP contribution in [0, 0.1) is 5.92 Å². The molecule has 1 fully saturated rings. The summed E-state index contributed by atoms with van der Waals surface area (Å²) < 4.78 is 0. The number of nitrogens with zero attached hydrogens (tertiary/aromatic N) is 1. The van der Waals surface area contributed by atoms with Crippen LogP contribution in [-0.4, -0.2) is 24.7 Å². The van der Waals surface area contributed by atoms with Crippen LogP contribution < -0.4 is 4.90 Å². The molecule has 0 N–H and O–H groups in total. The van der Waals surface area contributed by atoms with E-state index in [0.717, 1.165) is 24.8 Å². The van der Waals surface area contributed by atoms with Gasteiger partial charge in [-0.05, 0) is 31.0 Å². The van der Waals surface area contributed by atoms with E-state index >= 15 is 0 Å². The number of ketones is 1. The smallest absolute Gasteiger partial charge is 0.176 e. The van der Waals surface area contributed by atoms with Gasteiger partial charge in [0.25, 0.3) is 0 Å². The fourth-order valence-electron chi connectivity index (χ4n) is 2.38. The number of rotatable bonds is 2. The third-order valence-electron chi connectivity index (χ3n) is 3.42. The molecule has 1 saturated carbocycles. The fraction of sp³-hybridized carbons (Fsp3) is 0.385. The van der Waals surface area contributed by atoms with E-state index in [0.29, 0.717) is 23.2 Å². The van der Waals surface area contributed by atoms with Crippen LogP contribution in [0.15, 0.2) is 18.2 Å². The van der Waals surface area contributed by atoms with E-state index in [9.17, 15) is 9.59 Å². The number of fused-ring (bicyclic) bond motifs is 1. The molecular formula is C13H12ClNO2. The molecule has 1 aliphatic carbocycles. The Hall–Kier alpha value is -1.35. The van der Waals surface area contributed by atoms with Gasteiger partial charge in [-0.1, -0.05) is 11.6 Å². The quantitative estimate of drug-likeness (QED) is 0.596. The molecule has 3 rings (SSSR count). The maximum Gasteiger partial charge on any atom is 0.176 e. The summed E-state index contributed by atoms with van der Waals surface area (Å²) in [5, 5.41) is 0.631. The Kier molecular flexibility index (Phi) is 2.44. The molecule has 0 aromatic heterocycles. The van der Waals surface area contributed by atoms with Gasteiger partial charge >= 0.3 is 0 Å². The van der Waals surface area contributed by atoms with Crippen LogP contribution >= 0.6 is 11.6 Å². The van der Waals surface area contributed by atoms with Crippen LogP contribution in [0.2, 0.25) is 5.02 Å². The summed E-state index contributed by atoms with van der Waals surface area (Å²) in [5.41, 5.74) is 1.52. The highest BCUT2D eigenvalue weighted by Crippen LogP contribution is 2.39. The van der Waals surface area contributed by atoms with E-state index in [4.69, 9.17) is 11.6 Å². The van der Waals surface area contributed by atoms with E-state index in [1.807, 2.05) is 6.07 Å². The molecule has 1 atom stereocenters. The molecule has 17 heavy (non-hydrogen) atoms. The fourth-order valence-corrected chi connectivity index (χ4v) is 2.55. The second-order valence-electron chi connectivity index (χ2n) is 4.65. The highest BCUT2D eigenvalue weighted by atomic mass is 35.5. The molecule has 0 bridgehead atoms. The molecule has 1 unspecified atom stereocenters. The molecule has 0 saturated heterocycles. The Labute approximate surface area is 104 Å². The molecule has 2 aliphatic rings. The molecule has 1 aromatic carbocycles. The minimum atomic E-state index is -0.524. The predicted molar refractivity (Wildman–Crippen MR) is 65.7 cm³/mol. The average molecular weight is 250 g/mol. The summed E-state index contributed by atoms with van der Waals surface area (Å²) in [6, 6.07) is 5.73. The van der Waals surface area contributed by atoms with Gasteiger partial charge in [0.1, 0.15) is 6.29 Å². The standard InChI is InChI=1S/C13H12ClNO2/c14-9-1-4-11-12(5-9)15(10-2-3-10)6-8(7-16)13(11)17/h1,4-5,7-8,10H,2-3,6H2. The van der Waals surface area contributed by atoms with Gasteiger partial charge in [0.05, 0.1) is 5.92 Å². The predicted octanol–water partition coefficient (Wildman–Crippen LogP) is 2.32. The lowest BCUT2D eigenvalue weighted by molar-refractivity contribution is -0.109. The molecule has 4 heteroatoms. The van der Waals surface area contributed by atoms with E-state index in [1.54, 1.807) is 12.1 Å². The zero-order valence-electron chi connectivity index (χ0n) is 9.23. The van der Waals surface area contributed by atoms with Crippen LogP contribution in [0.4, 0.5) is 5.69 Å². The van der Waals surface area contributed by atoms with Crippen molar-refractivity contribution in [2.24, 2.45) is 5.92 Å². The van der Waals surface area contributed by atoms with E-state index < -0.39 is 5.92 Å². The maximum atomic E-state index is 12.0. The highest BCUT2D eigenvalue weighted by Gasteiger charge is 2.38. The van der Waals surface area contributed by atoms with Gasteiger partial charge in [-0.15, -0.1) is 0 Å². The third-order valence-corrected chi connectivity index (χ3v) is 3.65. The second-order valence-corrected chi connectivity index (χ2v) is 5.09. The zero-order chi connectivity index (χ0) is 12.0. The average Bonchev–Trinajstić information content (AvgIpc) is 3.13. The molecule has 0 radical (unpaired) electrons. The first kappa shape index (κ1) is 10.8. The Morgan fingerprint density at radius 3 is 2.76 bits per heavy atom. The lowest BCUT2D eigenvalue weighted by Crippen LogP contribution is -2.41. The van der Waals surface area contributed by atoms with Crippen molar-refractivity contribution in [2.75, 3.05) is 11.4 Å². The molecule has 0 amide bonds. The van der Waals surface area contributed by atoms with Gasteiger partial charge in [-0.3, -0.25) is 4.79 Å². The van der Waals surface area contributed by atoms with Crippen LogP contribution in [0.3, 0.4) is 0 Å². The topological polar surface area (TPSA) is 37.4 Å². The number of Topliss-reactive ketones (excluding diaryl/α,β-unsaturated/α-hetero) is 1. The van der Waals surface area contributed by atoms with Crippen LogP contribution in [0.5, 0.6) is 0 Å². The molecule has 88 valence electrons. The van der Waals surface area contributed by atoms with Gasteiger partial charge in [-0.25, -0.2) is 0 Å². The van der Waals surface area contributed by atoms with E-state index in [1.165, 1.54) is 0 Å². The second kappa shape index (κ2) is 3.84. The van der Waals surface area contributed by atoms with E-state index in [2.05, 4.69) is 4.90 Å². The Bertz CT molecular complexity index is 496. The molecule has 1 heterocycles. The summed E-state index contributed by atoms with van der Waals surface area (Å²) in [6.45, 7) is 0.500. The van der Waals surface area contributed by atoms with Gasteiger partial charge in [0.2, 0.25) is 0 Å². The number of hydrogen-bond acceptors (Lipinski definition) is 3. The monoisotopic (exact) mass is 249 g/mol. The largest absolute Gasteiger partial charge is 0.367 e. The number of halogens is 1. The molecule has 3 nitrogen and oxygen atoms in total. The van der Waals surface area contributed by atoms with Gasteiger partial charge < -0.3 is 9.69 Å². The van der Waals surface area contributed by atoms with Crippen LogP contribution in [0.25, 0.3) is 0 Å². The van der Waals surface area contributed by atoms with E-state index in [-0.39, 0.29) is 5.78 Å². The summed E-state index contributed by atoms with van der Waals surface area (Å²) in [6.07, 6.45) is 3.02. The number of benzene rings is 1. The van der Waals surface area contributed by atoms with Crippen molar-refractivity contribution in [3.8, 4) is 0 Å². The summed E-state index contributed by atoms with van der Waals surface area (Å²) in [5.74, 6) is -0.604. The third kappa shape index (κ3) is 1.75. The number of hydrogen-bond donors (Lipinski definition) is 0. The molecular weight excluding hydrogens is 238 g/mol. The van der Waals surface area contributed by atoms with Crippen molar-refractivity contribution in [3.05, 3.63) is 28.8 Å². The Balaban J connectivity index is 2.10. The number of anilines is 1. The van der Waals surface area contributed by atoms with Gasteiger partial charge in [0.15, 0.2) is 5.78 Å². The normalized spacial score (nSPS) is 23.5. The molecule has 0 spiro atoms. The van der Waals surface area contributed by atoms with Crippen molar-refractivity contribution in [3.63, 3.8) is 0 Å². The SMILES string of the molecule is O=CC1CN(C2CC2)c2cc(Cl)ccc2C1=O. The highest BCUT2D eigenvalue weighted by molar-refractivity contribution is 6.31. The van der Waals surface area contributed by atoms with Crippen molar-refractivity contribution in [1.29, 1.82) is 0 Å². The first-order chi connectivity index (χ1) is 8.20. The van der Waals surface area contributed by atoms with Gasteiger partial charge in [0, 0.05) is 28.9 Å². The zero-order valence-corrected chi connectivity index (χ0v) is 9.98. The van der Waals surface area contributed by atoms with Crippen LogP contribution in [-0.2, 0) is 4.79 Å². The van der Waals surface area contributed by atoms with Gasteiger partial charge in [-0.2, -0.15) is 0 Å². The lowest BCUT2D eigenvalue weighted by atomic mass is 9.92. The molecule has 1 aliphatic heterocycles. The first-order valence-corrected chi connectivity index (χ1v) is 6.14. The van der Waals surface area contributed by atoms with Crippen molar-refractivity contribution in [1.82, 2.24) is 0 Å². The van der Waals surface area contributed by atoms with Crippen molar-refractivity contribution in [2.45, 2.75) is 18.9 Å². The van der Waals surface area contributed by atoms with Crippen molar-refractivity contribution < 1.29 is 9.59 Å². The number of carbonyl (C=O) groups is 2. The van der Waals surface area contributed by atoms with Crippen LogP contribution in [0.1, 0.15) is 23.2 Å². The molecule has 1 aromatic rings. The number of carbonyl (C=O) groups excluding carboxylic acids is 2. The lowest BCUT2D eigenvalue weighted by Gasteiger charge is -2.33. The summed E-state index contributed by atoms with van der Waals surface area (Å²) in [7, 11) is 0. The van der Waals surface area contributed by atoms with Crippen molar-refractivity contribution >= 4 is 29.4 Å². The maximum absolute atomic E-state index is 12.0. The summed E-state index contributed by atoms with van der Waals surface area (Å²) in [4.78, 5) is 25.2. The number of aldehydes is 1. The Morgan fingerprint density at radius 2 is 2.12 bits per heavy atom.